The van der Waals surface area contributed by atoms with E-state index in [4.69, 9.17) is 4.74 Å². The van der Waals surface area contributed by atoms with Crippen LogP contribution >= 0.6 is 0 Å². The lowest BCUT2D eigenvalue weighted by atomic mass is 9.75. The number of hydrogen-bond acceptors (Lipinski definition) is 2. The van der Waals surface area contributed by atoms with E-state index < -0.39 is 0 Å². The molecule has 0 spiro atoms. The molecule has 2 aliphatic rings. The predicted molar refractivity (Wildman–Crippen MR) is 70.0 cm³/mol. The van der Waals surface area contributed by atoms with Crippen molar-refractivity contribution in [3.05, 3.63) is 0 Å². The molecule has 0 aromatic carbocycles. The van der Waals surface area contributed by atoms with Crippen LogP contribution in [0.3, 0.4) is 0 Å². The Morgan fingerprint density at radius 1 is 1.18 bits per heavy atom. The minimum atomic E-state index is -0.365. The molecule has 0 bridgehead atoms. The quantitative estimate of drug-likeness (QED) is 0.794. The van der Waals surface area contributed by atoms with E-state index in [9.17, 15) is 5.11 Å². The van der Waals surface area contributed by atoms with Gasteiger partial charge in [0.2, 0.25) is 0 Å². The maximum Gasteiger partial charge on any atom is 0.0649 e. The molecule has 2 rings (SSSR count). The molecule has 100 valence electrons. The Morgan fingerprint density at radius 2 is 1.94 bits per heavy atom. The maximum absolute atomic E-state index is 10.6. The summed E-state index contributed by atoms with van der Waals surface area (Å²) in [6, 6.07) is 0. The smallest absolute Gasteiger partial charge is 0.0649 e. The summed E-state index contributed by atoms with van der Waals surface area (Å²) >= 11 is 0. The summed E-state index contributed by atoms with van der Waals surface area (Å²) in [6.45, 7) is 3.19. The normalized spacial score (nSPS) is 38.5. The average molecular weight is 240 g/mol. The molecule has 1 unspecified atom stereocenters. The number of ether oxygens (including phenoxy) is 1. The van der Waals surface area contributed by atoms with Gasteiger partial charge in [0.05, 0.1) is 11.7 Å². The third-order valence-electron chi connectivity index (χ3n) is 4.69. The fourth-order valence-corrected chi connectivity index (χ4v) is 3.46. The average Bonchev–Trinajstić information content (AvgIpc) is 2.84. The SMILES string of the molecule is CCCC1CCC(O)(CCC2CCCO2)CC1. The molecule has 1 N–H and O–H groups in total. The maximum atomic E-state index is 10.6. The van der Waals surface area contributed by atoms with Gasteiger partial charge in [-0.15, -0.1) is 0 Å². The minimum absolute atomic E-state index is 0.365. The van der Waals surface area contributed by atoms with Crippen LogP contribution in [-0.2, 0) is 4.74 Å². The largest absolute Gasteiger partial charge is 0.390 e. The lowest BCUT2D eigenvalue weighted by molar-refractivity contribution is -0.0297. The first kappa shape index (κ1) is 13.4. The first-order chi connectivity index (χ1) is 8.22. The lowest BCUT2D eigenvalue weighted by Gasteiger charge is -2.36. The first-order valence-electron chi connectivity index (χ1n) is 7.56. The summed E-state index contributed by atoms with van der Waals surface area (Å²) in [7, 11) is 0. The van der Waals surface area contributed by atoms with E-state index in [1.165, 1.54) is 38.5 Å². The third kappa shape index (κ3) is 3.96. The Kier molecular flexibility index (Phi) is 4.87. The van der Waals surface area contributed by atoms with E-state index in [1.54, 1.807) is 0 Å². The molecular formula is C15H28O2. The number of rotatable bonds is 5. The number of aliphatic hydroxyl groups is 1. The topological polar surface area (TPSA) is 29.5 Å². The highest BCUT2D eigenvalue weighted by Crippen LogP contribution is 2.37. The van der Waals surface area contributed by atoms with Crippen LogP contribution in [0.25, 0.3) is 0 Å². The van der Waals surface area contributed by atoms with Crippen molar-refractivity contribution in [2.24, 2.45) is 5.92 Å². The Hall–Kier alpha value is -0.0800. The molecule has 0 radical (unpaired) electrons. The van der Waals surface area contributed by atoms with Gasteiger partial charge in [0, 0.05) is 6.61 Å². The fourth-order valence-electron chi connectivity index (χ4n) is 3.46. The van der Waals surface area contributed by atoms with Crippen LogP contribution in [0.15, 0.2) is 0 Å². The molecule has 1 atom stereocenters. The van der Waals surface area contributed by atoms with Crippen molar-refractivity contribution in [3.63, 3.8) is 0 Å². The molecule has 17 heavy (non-hydrogen) atoms. The van der Waals surface area contributed by atoms with Crippen molar-refractivity contribution in [2.75, 3.05) is 6.61 Å². The van der Waals surface area contributed by atoms with Gasteiger partial charge >= 0.3 is 0 Å². The van der Waals surface area contributed by atoms with Crippen molar-refractivity contribution in [1.29, 1.82) is 0 Å². The lowest BCUT2D eigenvalue weighted by Crippen LogP contribution is -2.34. The van der Waals surface area contributed by atoms with E-state index in [0.717, 1.165) is 38.2 Å². The minimum Gasteiger partial charge on any atom is -0.390 e. The van der Waals surface area contributed by atoms with Crippen LogP contribution in [-0.4, -0.2) is 23.4 Å². The predicted octanol–water partition coefficient (Wildman–Crippen LogP) is 3.67. The molecule has 2 fully saturated rings. The molecule has 1 saturated carbocycles. The Morgan fingerprint density at radius 3 is 2.53 bits per heavy atom. The van der Waals surface area contributed by atoms with Crippen LogP contribution in [0.2, 0.25) is 0 Å². The van der Waals surface area contributed by atoms with Gasteiger partial charge < -0.3 is 9.84 Å². The highest BCUT2D eigenvalue weighted by molar-refractivity contribution is 4.86. The summed E-state index contributed by atoms with van der Waals surface area (Å²) in [5.74, 6) is 0.878. The van der Waals surface area contributed by atoms with Gasteiger partial charge in [0.1, 0.15) is 0 Å². The zero-order valence-electron chi connectivity index (χ0n) is 11.3. The second-order valence-electron chi connectivity index (χ2n) is 6.13. The van der Waals surface area contributed by atoms with E-state index in [1.807, 2.05) is 0 Å². The third-order valence-corrected chi connectivity index (χ3v) is 4.69. The van der Waals surface area contributed by atoms with E-state index in [-0.39, 0.29) is 5.60 Å². The molecule has 2 heteroatoms. The second-order valence-corrected chi connectivity index (χ2v) is 6.13. The Balaban J connectivity index is 1.69. The van der Waals surface area contributed by atoms with Crippen molar-refractivity contribution >= 4 is 0 Å². The van der Waals surface area contributed by atoms with Gasteiger partial charge in [-0.2, -0.15) is 0 Å². The van der Waals surface area contributed by atoms with Crippen LogP contribution in [0.1, 0.15) is 71.1 Å². The molecule has 0 aromatic heterocycles. The summed E-state index contributed by atoms with van der Waals surface area (Å²) in [6.07, 6.45) is 12.0. The highest BCUT2D eigenvalue weighted by atomic mass is 16.5. The zero-order valence-corrected chi connectivity index (χ0v) is 11.3. The van der Waals surface area contributed by atoms with Crippen molar-refractivity contribution < 1.29 is 9.84 Å². The standard InChI is InChI=1S/C15H28O2/c1-2-4-13-6-9-15(16,10-7-13)11-8-14-5-3-12-17-14/h13-14,16H,2-12H2,1H3. The van der Waals surface area contributed by atoms with E-state index >= 15 is 0 Å². The Bertz CT molecular complexity index is 213. The summed E-state index contributed by atoms with van der Waals surface area (Å²) in [5.41, 5.74) is -0.365. The monoisotopic (exact) mass is 240 g/mol. The first-order valence-corrected chi connectivity index (χ1v) is 7.56. The van der Waals surface area contributed by atoms with Crippen molar-refractivity contribution in [3.8, 4) is 0 Å². The molecule has 2 nitrogen and oxygen atoms in total. The van der Waals surface area contributed by atoms with Gasteiger partial charge in [-0.1, -0.05) is 19.8 Å². The van der Waals surface area contributed by atoms with Crippen LogP contribution in [0.5, 0.6) is 0 Å². The van der Waals surface area contributed by atoms with Crippen LogP contribution in [0.4, 0.5) is 0 Å². The zero-order chi connectivity index (χ0) is 12.1. The summed E-state index contributed by atoms with van der Waals surface area (Å²) in [4.78, 5) is 0. The molecule has 1 heterocycles. The van der Waals surface area contributed by atoms with E-state index in [0.29, 0.717) is 6.10 Å². The molecule has 0 amide bonds. The number of hydrogen-bond donors (Lipinski definition) is 1. The fraction of sp³-hybridized carbons (Fsp3) is 1.00. The van der Waals surface area contributed by atoms with Crippen molar-refractivity contribution in [1.82, 2.24) is 0 Å². The van der Waals surface area contributed by atoms with Crippen LogP contribution < -0.4 is 0 Å². The van der Waals surface area contributed by atoms with Crippen molar-refractivity contribution in [2.45, 2.75) is 82.8 Å². The van der Waals surface area contributed by atoms with Gasteiger partial charge in [0.25, 0.3) is 0 Å². The van der Waals surface area contributed by atoms with Crippen LogP contribution in [0, 0.1) is 5.92 Å². The summed E-state index contributed by atoms with van der Waals surface area (Å²) < 4.78 is 5.64. The molecule has 1 aliphatic carbocycles. The molecule has 0 aromatic rings. The molecule has 1 saturated heterocycles. The second kappa shape index (κ2) is 6.19. The highest BCUT2D eigenvalue weighted by Gasteiger charge is 2.33. The van der Waals surface area contributed by atoms with E-state index in [2.05, 4.69) is 6.92 Å². The Labute approximate surface area is 106 Å². The molecular weight excluding hydrogens is 212 g/mol. The summed E-state index contributed by atoms with van der Waals surface area (Å²) in [5, 5.41) is 10.6. The van der Waals surface area contributed by atoms with Gasteiger partial charge in [-0.05, 0) is 57.3 Å². The van der Waals surface area contributed by atoms with Gasteiger partial charge in [0.15, 0.2) is 0 Å². The van der Waals surface area contributed by atoms with Gasteiger partial charge in [-0.25, -0.2) is 0 Å². The molecule has 1 aliphatic heterocycles. The van der Waals surface area contributed by atoms with Gasteiger partial charge in [-0.3, -0.25) is 0 Å².